The molecular weight excluding hydrogens is 108 g/mol. The normalized spacial score (nSPS) is 6.75. The van der Waals surface area contributed by atoms with Gasteiger partial charge in [-0.25, -0.2) is 10.2 Å². The number of nitrogens with one attached hydrogen (secondary N) is 2. The lowest BCUT2D eigenvalue weighted by Gasteiger charge is -1.96. The van der Waals surface area contributed by atoms with Gasteiger partial charge in [0.2, 0.25) is 0 Å². The maximum absolute atomic E-state index is 10.0. The van der Waals surface area contributed by atoms with Gasteiger partial charge in [-0.2, -0.15) is 0 Å². The van der Waals surface area contributed by atoms with Crippen molar-refractivity contribution < 1.29 is 9.53 Å². The van der Waals surface area contributed by atoms with Crippen LogP contribution < -0.4 is 10.9 Å². The molecule has 0 heterocycles. The van der Waals surface area contributed by atoms with E-state index in [1.807, 2.05) is 0 Å². The fourth-order valence-electron chi connectivity index (χ4n) is 0.153. The van der Waals surface area contributed by atoms with Gasteiger partial charge in [0, 0.05) is 7.05 Å². The van der Waals surface area contributed by atoms with Crippen LogP contribution in [0.4, 0.5) is 4.79 Å². The van der Waals surface area contributed by atoms with Gasteiger partial charge in [0.05, 0.1) is 7.11 Å². The summed E-state index contributed by atoms with van der Waals surface area (Å²) in [4.78, 5) is 10.0. The van der Waals surface area contributed by atoms with Gasteiger partial charge in [0.15, 0.2) is 0 Å². The molecule has 0 aliphatic rings. The minimum Gasteiger partial charge on any atom is -0.452 e. The summed E-state index contributed by atoms with van der Waals surface area (Å²) >= 11 is 0. The first-order chi connectivity index (χ1) is 3.31. The van der Waals surface area contributed by atoms with E-state index in [1.54, 1.807) is 7.05 Å². The van der Waals surface area contributed by atoms with E-state index < -0.39 is 6.09 Å². The zero-order valence-corrected chi connectivity index (χ0v) is 4.32. The predicted molar refractivity (Wildman–Crippen MR) is 31.3 cm³/mol. The first-order valence-corrected chi connectivity index (χ1v) is 1.82. The highest BCUT2D eigenvalue weighted by Gasteiger charge is 1.89. The third-order valence-electron chi connectivity index (χ3n) is 0.412. The van der Waals surface area contributed by atoms with E-state index in [2.05, 4.69) is 15.6 Å². The van der Waals surface area contributed by atoms with Crippen molar-refractivity contribution in [1.29, 1.82) is 0 Å². The fraction of sp³-hybridized carbons (Fsp3) is 0.750. The van der Waals surface area contributed by atoms with Crippen molar-refractivity contribution in [3.05, 3.63) is 0 Å². The van der Waals surface area contributed by atoms with E-state index in [0.29, 0.717) is 0 Å². The third-order valence-corrected chi connectivity index (χ3v) is 0.412. The smallest absolute Gasteiger partial charge is 0.421 e. The summed E-state index contributed by atoms with van der Waals surface area (Å²) in [5, 5.41) is 0. The molecule has 0 unspecified atom stereocenters. The molecule has 0 aromatic heterocycles. The van der Waals surface area contributed by atoms with Gasteiger partial charge >= 0.3 is 6.09 Å². The average molecular weight is 120 g/mol. The molecule has 0 aromatic rings. The number of rotatable bonds is 1. The van der Waals surface area contributed by atoms with E-state index in [-0.39, 0.29) is 7.43 Å². The first-order valence-electron chi connectivity index (χ1n) is 1.82. The van der Waals surface area contributed by atoms with Crippen molar-refractivity contribution >= 4 is 6.09 Å². The monoisotopic (exact) mass is 120 g/mol. The molecule has 0 saturated heterocycles. The minimum atomic E-state index is -0.484. The molecule has 4 nitrogen and oxygen atoms in total. The Morgan fingerprint density at radius 3 is 2.25 bits per heavy atom. The van der Waals surface area contributed by atoms with E-state index in [0.717, 1.165) is 0 Å². The molecule has 0 radical (unpaired) electrons. The van der Waals surface area contributed by atoms with Gasteiger partial charge in [0.1, 0.15) is 0 Å². The summed E-state index contributed by atoms with van der Waals surface area (Å²) in [6, 6.07) is 0. The number of amides is 1. The molecule has 0 saturated carbocycles. The van der Waals surface area contributed by atoms with Crippen LogP contribution in [0, 0.1) is 0 Å². The number of hydrogen-bond acceptors (Lipinski definition) is 3. The molecule has 0 aromatic carbocycles. The SMILES string of the molecule is C.CNNC(=O)OC. The number of carbonyl (C=O) groups excluding carboxylic acids is 1. The highest BCUT2D eigenvalue weighted by molar-refractivity contribution is 5.66. The Labute approximate surface area is 49.2 Å². The molecule has 0 bridgehead atoms. The molecule has 0 aliphatic heterocycles. The average Bonchev–Trinajstić information content (AvgIpc) is 1.68. The van der Waals surface area contributed by atoms with Crippen molar-refractivity contribution in [3.63, 3.8) is 0 Å². The topological polar surface area (TPSA) is 50.4 Å². The molecule has 1 amide bonds. The van der Waals surface area contributed by atoms with Crippen molar-refractivity contribution in [2.75, 3.05) is 14.2 Å². The first kappa shape index (κ1) is 10.3. The zero-order chi connectivity index (χ0) is 5.70. The Hall–Kier alpha value is -0.770. The Balaban J connectivity index is 0. The van der Waals surface area contributed by atoms with Crippen LogP contribution in [0.15, 0.2) is 0 Å². The van der Waals surface area contributed by atoms with Gasteiger partial charge < -0.3 is 4.74 Å². The van der Waals surface area contributed by atoms with Crippen molar-refractivity contribution in [2.45, 2.75) is 7.43 Å². The molecule has 0 fully saturated rings. The number of hydrogen-bond donors (Lipinski definition) is 2. The largest absolute Gasteiger partial charge is 0.452 e. The maximum Gasteiger partial charge on any atom is 0.421 e. The lowest BCUT2D eigenvalue weighted by Crippen LogP contribution is -2.33. The van der Waals surface area contributed by atoms with Crippen LogP contribution in [0.2, 0.25) is 0 Å². The third kappa shape index (κ3) is 5.23. The molecule has 50 valence electrons. The summed E-state index contributed by atoms with van der Waals surface area (Å²) in [6.45, 7) is 0. The van der Waals surface area contributed by atoms with Crippen molar-refractivity contribution in [3.8, 4) is 0 Å². The molecule has 0 atom stereocenters. The Bertz CT molecular complexity index is 65.1. The van der Waals surface area contributed by atoms with E-state index in [1.165, 1.54) is 7.11 Å². The molecular formula is C4H12N2O2. The lowest BCUT2D eigenvalue weighted by atomic mass is 11.2. The Morgan fingerprint density at radius 2 is 2.12 bits per heavy atom. The maximum atomic E-state index is 10.0. The molecule has 2 N–H and O–H groups in total. The summed E-state index contributed by atoms with van der Waals surface area (Å²) < 4.78 is 4.18. The Kier molecular flexibility index (Phi) is 7.99. The zero-order valence-electron chi connectivity index (χ0n) is 4.32. The van der Waals surface area contributed by atoms with Gasteiger partial charge in [-0.15, -0.1) is 0 Å². The van der Waals surface area contributed by atoms with Gasteiger partial charge in [-0.05, 0) is 0 Å². The molecule has 0 rings (SSSR count). The molecule has 0 spiro atoms. The lowest BCUT2D eigenvalue weighted by molar-refractivity contribution is 0.167. The summed E-state index contributed by atoms with van der Waals surface area (Å²) in [5.74, 6) is 0. The van der Waals surface area contributed by atoms with E-state index >= 15 is 0 Å². The molecule has 8 heavy (non-hydrogen) atoms. The van der Waals surface area contributed by atoms with Crippen LogP contribution in [-0.4, -0.2) is 20.3 Å². The second kappa shape index (κ2) is 6.23. The number of ether oxygens (including phenoxy) is 1. The van der Waals surface area contributed by atoms with E-state index in [9.17, 15) is 4.79 Å². The van der Waals surface area contributed by atoms with Crippen LogP contribution >= 0.6 is 0 Å². The highest BCUT2D eigenvalue weighted by Crippen LogP contribution is 1.62. The van der Waals surface area contributed by atoms with Crippen molar-refractivity contribution in [2.24, 2.45) is 0 Å². The van der Waals surface area contributed by atoms with Gasteiger partial charge in [-0.1, -0.05) is 7.43 Å². The van der Waals surface area contributed by atoms with Crippen LogP contribution in [0.25, 0.3) is 0 Å². The minimum absolute atomic E-state index is 0. The number of hydrazine groups is 1. The van der Waals surface area contributed by atoms with Gasteiger partial charge in [0.25, 0.3) is 0 Å². The predicted octanol–water partition coefficient (Wildman–Crippen LogP) is 0.113. The van der Waals surface area contributed by atoms with Crippen molar-refractivity contribution in [1.82, 2.24) is 10.9 Å². The number of methoxy groups -OCH3 is 1. The summed E-state index contributed by atoms with van der Waals surface area (Å²) in [7, 11) is 2.88. The van der Waals surface area contributed by atoms with Crippen LogP contribution in [0.5, 0.6) is 0 Å². The second-order valence-corrected chi connectivity index (χ2v) is 0.867. The molecule has 0 aliphatic carbocycles. The van der Waals surface area contributed by atoms with Crippen LogP contribution in [-0.2, 0) is 4.74 Å². The Morgan fingerprint density at radius 1 is 1.62 bits per heavy atom. The fourth-order valence-corrected chi connectivity index (χ4v) is 0.153. The second-order valence-electron chi connectivity index (χ2n) is 0.867. The standard InChI is InChI=1S/C3H8N2O2.CH4/c1-4-5-3(6)7-2;/h4H,1-2H3,(H,5,6);1H4. The van der Waals surface area contributed by atoms with Gasteiger partial charge in [-0.3, -0.25) is 5.43 Å². The number of carbonyl (C=O) groups is 1. The molecule has 4 heteroatoms. The van der Waals surface area contributed by atoms with Crippen LogP contribution in [0.1, 0.15) is 7.43 Å². The summed E-state index contributed by atoms with van der Waals surface area (Å²) in [5.41, 5.74) is 4.58. The summed E-state index contributed by atoms with van der Waals surface area (Å²) in [6.07, 6.45) is -0.484. The highest BCUT2D eigenvalue weighted by atomic mass is 16.5. The quantitative estimate of drug-likeness (QED) is 0.483. The van der Waals surface area contributed by atoms with Crippen LogP contribution in [0.3, 0.4) is 0 Å². The van der Waals surface area contributed by atoms with E-state index in [4.69, 9.17) is 0 Å².